The Labute approximate surface area is 101 Å². The summed E-state index contributed by atoms with van der Waals surface area (Å²) in [5.41, 5.74) is 1.17. The van der Waals surface area contributed by atoms with Crippen LogP contribution in [0.4, 0.5) is 0 Å². The van der Waals surface area contributed by atoms with Crippen LogP contribution in [0.25, 0.3) is 0 Å². The molecular formula is C12H18OS2. The van der Waals surface area contributed by atoms with E-state index in [0.29, 0.717) is 11.0 Å². The fourth-order valence-corrected chi connectivity index (χ4v) is 2.10. The average Bonchev–Trinajstić information content (AvgIpc) is 2.50. The van der Waals surface area contributed by atoms with E-state index in [1.165, 1.54) is 5.56 Å². The van der Waals surface area contributed by atoms with E-state index in [0.717, 1.165) is 5.06 Å². The minimum Gasteiger partial charge on any atom is -0.439 e. The van der Waals surface area contributed by atoms with Gasteiger partial charge in [-0.05, 0) is 29.6 Å². The highest BCUT2D eigenvalue weighted by Crippen LogP contribution is 2.33. The number of rotatable bonds is 2. The van der Waals surface area contributed by atoms with Gasteiger partial charge in [-0.3, -0.25) is 0 Å². The summed E-state index contributed by atoms with van der Waals surface area (Å²) in [5.74, 6) is 0.481. The average molecular weight is 242 g/mol. The van der Waals surface area contributed by atoms with Crippen molar-refractivity contribution in [3.63, 3.8) is 0 Å². The zero-order chi connectivity index (χ0) is 11.6. The third-order valence-corrected chi connectivity index (χ3v) is 3.58. The lowest BCUT2D eigenvalue weighted by Crippen LogP contribution is -2.23. The van der Waals surface area contributed by atoms with E-state index in [1.54, 1.807) is 11.3 Å². The third-order valence-electron chi connectivity index (χ3n) is 2.08. The zero-order valence-electron chi connectivity index (χ0n) is 9.96. The molecule has 0 saturated heterocycles. The Hall–Kier alpha value is -0.410. The molecule has 0 unspecified atom stereocenters. The van der Waals surface area contributed by atoms with Gasteiger partial charge in [0, 0.05) is 11.0 Å². The molecule has 0 bridgehead atoms. The molecule has 1 aromatic heterocycles. The molecule has 0 saturated carbocycles. The van der Waals surface area contributed by atoms with E-state index in [1.807, 2.05) is 0 Å². The summed E-state index contributed by atoms with van der Waals surface area (Å²) in [6, 6.07) is 2.11. The Morgan fingerprint density at radius 3 is 2.47 bits per heavy atom. The van der Waals surface area contributed by atoms with Crippen molar-refractivity contribution in [3.8, 4) is 5.06 Å². The van der Waals surface area contributed by atoms with Crippen LogP contribution in [-0.2, 0) is 0 Å². The highest BCUT2D eigenvalue weighted by atomic mass is 32.1. The van der Waals surface area contributed by atoms with Gasteiger partial charge in [0.05, 0.1) is 0 Å². The Kier molecular flexibility index (Phi) is 3.90. The molecule has 0 N–H and O–H groups in total. The highest BCUT2D eigenvalue weighted by molar-refractivity contribution is 7.80. The number of ether oxygens (including phenoxy) is 1. The second kappa shape index (κ2) is 4.62. The molecule has 1 aromatic rings. The lowest BCUT2D eigenvalue weighted by Gasteiger charge is -2.20. The summed E-state index contributed by atoms with van der Waals surface area (Å²) < 4.78 is 5.76. The maximum atomic E-state index is 5.76. The second-order valence-electron chi connectivity index (χ2n) is 4.96. The van der Waals surface area contributed by atoms with Gasteiger partial charge in [0.2, 0.25) is 0 Å². The van der Waals surface area contributed by atoms with Crippen molar-refractivity contribution in [3.05, 3.63) is 17.0 Å². The molecule has 0 aliphatic carbocycles. The number of thiocarbonyl (C=S) groups is 1. The summed E-state index contributed by atoms with van der Waals surface area (Å²) in [7, 11) is 0. The maximum absolute atomic E-state index is 5.76. The maximum Gasteiger partial charge on any atom is 0.185 e. The van der Waals surface area contributed by atoms with Crippen LogP contribution < -0.4 is 4.74 Å². The molecule has 0 amide bonds. The molecule has 0 atom stereocenters. The number of thiophene rings is 1. The fraction of sp³-hybridized carbons (Fsp3) is 0.583. The first-order valence-corrected chi connectivity index (χ1v) is 6.41. The highest BCUT2D eigenvalue weighted by Gasteiger charge is 2.21. The minimum absolute atomic E-state index is 0.0758. The lowest BCUT2D eigenvalue weighted by molar-refractivity contribution is 0.453. The number of hydrogen-bond donors (Lipinski definition) is 0. The summed E-state index contributed by atoms with van der Waals surface area (Å²) in [4.78, 5) is 0. The molecule has 84 valence electrons. The molecule has 15 heavy (non-hydrogen) atoms. The van der Waals surface area contributed by atoms with Crippen LogP contribution in [0.5, 0.6) is 5.06 Å². The monoisotopic (exact) mass is 242 g/mol. The van der Waals surface area contributed by atoms with Crippen LogP contribution in [0.15, 0.2) is 11.4 Å². The Bertz CT molecular complexity index is 345. The Morgan fingerprint density at radius 2 is 2.00 bits per heavy atom. The first-order chi connectivity index (χ1) is 6.82. The third kappa shape index (κ3) is 3.28. The van der Waals surface area contributed by atoms with Gasteiger partial charge in [-0.25, -0.2) is 0 Å². The van der Waals surface area contributed by atoms with Crippen molar-refractivity contribution >= 4 is 28.6 Å². The largest absolute Gasteiger partial charge is 0.439 e. The molecule has 1 heterocycles. The Balaban J connectivity index is 2.82. The first-order valence-electron chi connectivity index (χ1n) is 5.12. The van der Waals surface area contributed by atoms with Crippen LogP contribution in [-0.4, -0.2) is 5.05 Å². The molecule has 1 rings (SSSR count). The first kappa shape index (κ1) is 12.7. The predicted octanol–water partition coefficient (Wildman–Crippen LogP) is 4.62. The van der Waals surface area contributed by atoms with Crippen LogP contribution in [0.2, 0.25) is 0 Å². The van der Waals surface area contributed by atoms with E-state index in [4.69, 9.17) is 17.0 Å². The molecule has 3 heteroatoms. The predicted molar refractivity (Wildman–Crippen MR) is 71.1 cm³/mol. The zero-order valence-corrected chi connectivity index (χ0v) is 11.6. The van der Waals surface area contributed by atoms with Crippen molar-refractivity contribution in [1.82, 2.24) is 0 Å². The van der Waals surface area contributed by atoms with Crippen LogP contribution >= 0.6 is 23.6 Å². The lowest BCUT2D eigenvalue weighted by atomic mass is 9.98. The van der Waals surface area contributed by atoms with Crippen LogP contribution in [0, 0.1) is 5.41 Å². The van der Waals surface area contributed by atoms with E-state index in [9.17, 15) is 0 Å². The van der Waals surface area contributed by atoms with Gasteiger partial charge in [0.15, 0.2) is 10.1 Å². The Morgan fingerprint density at radius 1 is 1.40 bits per heavy atom. The standard InChI is InChI=1S/C12H18OS2/c1-8(2)9-6-7-15-10(9)13-11(14)12(3,4)5/h6-8H,1-5H3. The summed E-state index contributed by atoms with van der Waals surface area (Å²) in [6.07, 6.45) is 0. The summed E-state index contributed by atoms with van der Waals surface area (Å²) in [6.45, 7) is 10.5. The van der Waals surface area contributed by atoms with Gasteiger partial charge >= 0.3 is 0 Å². The number of hydrogen-bond acceptors (Lipinski definition) is 3. The van der Waals surface area contributed by atoms with Gasteiger partial charge < -0.3 is 4.74 Å². The SMILES string of the molecule is CC(C)c1ccsc1OC(=S)C(C)(C)C. The molecular weight excluding hydrogens is 224 g/mol. The van der Waals surface area contributed by atoms with Crippen molar-refractivity contribution in [1.29, 1.82) is 0 Å². The van der Waals surface area contributed by atoms with E-state index < -0.39 is 0 Å². The van der Waals surface area contributed by atoms with E-state index in [2.05, 4.69) is 46.1 Å². The van der Waals surface area contributed by atoms with Crippen molar-refractivity contribution in [2.24, 2.45) is 5.41 Å². The van der Waals surface area contributed by atoms with Gasteiger partial charge in [-0.15, -0.1) is 11.3 Å². The topological polar surface area (TPSA) is 9.23 Å². The van der Waals surface area contributed by atoms with Crippen LogP contribution in [0.1, 0.15) is 46.1 Å². The molecule has 0 radical (unpaired) electrons. The van der Waals surface area contributed by atoms with Gasteiger partial charge in [-0.2, -0.15) is 0 Å². The van der Waals surface area contributed by atoms with E-state index >= 15 is 0 Å². The molecule has 0 aliphatic rings. The molecule has 0 aliphatic heterocycles. The quantitative estimate of drug-likeness (QED) is 0.700. The molecule has 1 nitrogen and oxygen atoms in total. The normalized spacial score (nSPS) is 11.9. The minimum atomic E-state index is -0.0758. The molecule has 0 fully saturated rings. The van der Waals surface area contributed by atoms with Crippen molar-refractivity contribution < 1.29 is 4.74 Å². The molecule has 0 aromatic carbocycles. The smallest absolute Gasteiger partial charge is 0.185 e. The fourth-order valence-electron chi connectivity index (χ4n) is 1.05. The van der Waals surface area contributed by atoms with E-state index in [-0.39, 0.29) is 5.41 Å². The van der Waals surface area contributed by atoms with Gasteiger partial charge in [0.25, 0.3) is 0 Å². The van der Waals surface area contributed by atoms with Gasteiger partial charge in [0.1, 0.15) is 0 Å². The van der Waals surface area contributed by atoms with Crippen LogP contribution in [0.3, 0.4) is 0 Å². The van der Waals surface area contributed by atoms with Crippen molar-refractivity contribution in [2.75, 3.05) is 0 Å². The van der Waals surface area contributed by atoms with Gasteiger partial charge in [-0.1, -0.05) is 34.6 Å². The summed E-state index contributed by atoms with van der Waals surface area (Å²) >= 11 is 6.88. The summed E-state index contributed by atoms with van der Waals surface area (Å²) in [5, 5.41) is 3.66. The molecule has 0 spiro atoms. The second-order valence-corrected chi connectivity index (χ2v) is 6.21. The van der Waals surface area contributed by atoms with Crippen molar-refractivity contribution in [2.45, 2.75) is 40.5 Å².